The van der Waals surface area contributed by atoms with Gasteiger partial charge in [-0.3, -0.25) is 4.79 Å². The lowest BCUT2D eigenvalue weighted by Gasteiger charge is -2.37. The zero-order chi connectivity index (χ0) is 26.2. The standard InChI is InChI=1S/C33H31N3O2/c37-24-31(35-32(38)21-26-13-5-1-6-14-26)22-30-23-36(25-34-30)33(27-15-7-2-8-16-27,28-17-9-3-10-18-28)29-19-11-4-12-20-29/h1-20,23,25,31,37H,21-22,24H2,(H,35,38)/t31-/m0/s1. The zero-order valence-electron chi connectivity index (χ0n) is 21.2. The van der Waals surface area contributed by atoms with Gasteiger partial charge in [0.1, 0.15) is 5.54 Å². The lowest BCUT2D eigenvalue weighted by atomic mass is 9.77. The van der Waals surface area contributed by atoms with Gasteiger partial charge < -0.3 is 15.0 Å². The Morgan fingerprint density at radius 1 is 0.763 bits per heavy atom. The molecule has 0 saturated heterocycles. The summed E-state index contributed by atoms with van der Waals surface area (Å²) in [5, 5.41) is 13.0. The van der Waals surface area contributed by atoms with E-state index in [-0.39, 0.29) is 18.9 Å². The number of amides is 1. The van der Waals surface area contributed by atoms with Crippen LogP contribution >= 0.6 is 0 Å². The van der Waals surface area contributed by atoms with Crippen LogP contribution in [0.15, 0.2) is 134 Å². The average molecular weight is 502 g/mol. The van der Waals surface area contributed by atoms with Gasteiger partial charge in [0.25, 0.3) is 0 Å². The SMILES string of the molecule is O=C(Cc1ccccc1)N[C@H](CO)Cc1cn(C(c2ccccc2)(c2ccccc2)c2ccccc2)cn1. The highest BCUT2D eigenvalue weighted by Crippen LogP contribution is 2.40. The van der Waals surface area contributed by atoms with E-state index in [0.29, 0.717) is 6.42 Å². The largest absolute Gasteiger partial charge is 0.394 e. The zero-order valence-corrected chi connectivity index (χ0v) is 21.2. The van der Waals surface area contributed by atoms with Crippen molar-refractivity contribution in [2.24, 2.45) is 0 Å². The minimum absolute atomic E-state index is 0.123. The molecule has 5 aromatic rings. The lowest BCUT2D eigenvalue weighted by Crippen LogP contribution is -2.40. The molecule has 5 rings (SSSR count). The number of hydrogen-bond donors (Lipinski definition) is 2. The normalized spacial score (nSPS) is 12.1. The number of carbonyl (C=O) groups excluding carboxylic acids is 1. The van der Waals surface area contributed by atoms with E-state index in [9.17, 15) is 9.90 Å². The van der Waals surface area contributed by atoms with Gasteiger partial charge in [0.15, 0.2) is 0 Å². The minimum Gasteiger partial charge on any atom is -0.394 e. The van der Waals surface area contributed by atoms with Crippen LogP contribution in [0.5, 0.6) is 0 Å². The van der Waals surface area contributed by atoms with Crippen LogP contribution in [0.3, 0.4) is 0 Å². The van der Waals surface area contributed by atoms with Crippen molar-refractivity contribution in [2.75, 3.05) is 6.61 Å². The number of aliphatic hydroxyl groups excluding tert-OH is 1. The lowest BCUT2D eigenvalue weighted by molar-refractivity contribution is -0.121. The summed E-state index contributed by atoms with van der Waals surface area (Å²) in [6.07, 6.45) is 4.56. The van der Waals surface area contributed by atoms with Crippen LogP contribution in [0.4, 0.5) is 0 Å². The fraction of sp³-hybridized carbons (Fsp3) is 0.152. The van der Waals surface area contributed by atoms with E-state index in [1.165, 1.54) is 0 Å². The number of rotatable bonds is 10. The van der Waals surface area contributed by atoms with E-state index >= 15 is 0 Å². The second kappa shape index (κ2) is 11.7. The molecular formula is C33H31N3O2. The Kier molecular flexibility index (Phi) is 7.76. The first-order valence-corrected chi connectivity index (χ1v) is 12.8. The van der Waals surface area contributed by atoms with Crippen molar-refractivity contribution in [1.29, 1.82) is 0 Å². The highest BCUT2D eigenvalue weighted by atomic mass is 16.3. The number of imidazole rings is 1. The van der Waals surface area contributed by atoms with Crippen molar-refractivity contribution < 1.29 is 9.90 Å². The van der Waals surface area contributed by atoms with Crippen LogP contribution in [-0.2, 0) is 23.2 Å². The van der Waals surface area contributed by atoms with Crippen molar-refractivity contribution >= 4 is 5.91 Å². The van der Waals surface area contributed by atoms with Gasteiger partial charge in [-0.2, -0.15) is 0 Å². The predicted octanol–water partition coefficient (Wildman–Crippen LogP) is 4.99. The first-order valence-electron chi connectivity index (χ1n) is 12.8. The molecule has 0 radical (unpaired) electrons. The molecule has 1 heterocycles. The molecular weight excluding hydrogens is 470 g/mol. The molecule has 0 unspecified atom stereocenters. The number of aromatic nitrogens is 2. The van der Waals surface area contributed by atoms with Gasteiger partial charge in [-0.25, -0.2) is 4.98 Å². The first kappa shape index (κ1) is 25.2. The number of nitrogens with one attached hydrogen (secondary N) is 1. The van der Waals surface area contributed by atoms with Crippen molar-refractivity contribution in [3.63, 3.8) is 0 Å². The molecule has 0 fully saturated rings. The summed E-state index contributed by atoms with van der Waals surface area (Å²) in [6.45, 7) is -0.172. The van der Waals surface area contributed by atoms with Gasteiger partial charge >= 0.3 is 0 Å². The molecule has 4 aromatic carbocycles. The number of nitrogens with zero attached hydrogens (tertiary/aromatic N) is 2. The molecule has 0 bridgehead atoms. The minimum atomic E-state index is -0.652. The van der Waals surface area contributed by atoms with Crippen LogP contribution in [0, 0.1) is 0 Å². The summed E-state index contributed by atoms with van der Waals surface area (Å²) in [5.74, 6) is -0.123. The number of hydrogen-bond acceptors (Lipinski definition) is 3. The second-order valence-electron chi connectivity index (χ2n) is 9.39. The first-order chi connectivity index (χ1) is 18.7. The smallest absolute Gasteiger partial charge is 0.224 e. The van der Waals surface area contributed by atoms with Gasteiger partial charge in [-0.1, -0.05) is 121 Å². The van der Waals surface area contributed by atoms with E-state index in [1.807, 2.05) is 61.1 Å². The monoisotopic (exact) mass is 501 g/mol. The van der Waals surface area contributed by atoms with Crippen LogP contribution in [0.1, 0.15) is 27.9 Å². The van der Waals surface area contributed by atoms with Crippen molar-refractivity contribution in [3.8, 4) is 0 Å². The maximum Gasteiger partial charge on any atom is 0.224 e. The second-order valence-corrected chi connectivity index (χ2v) is 9.39. The fourth-order valence-electron chi connectivity index (χ4n) is 5.11. The Hall–Kier alpha value is -4.48. The Bertz CT molecular complexity index is 1340. The highest BCUT2D eigenvalue weighted by Gasteiger charge is 2.38. The number of carbonyl (C=O) groups is 1. The molecule has 0 aliphatic carbocycles. The fourth-order valence-corrected chi connectivity index (χ4v) is 5.11. The number of benzene rings is 4. The third kappa shape index (κ3) is 5.29. The summed E-state index contributed by atoms with van der Waals surface area (Å²) in [4.78, 5) is 17.4. The summed E-state index contributed by atoms with van der Waals surface area (Å²) in [5.41, 5.74) is 4.39. The topological polar surface area (TPSA) is 67.2 Å². The molecule has 1 atom stereocenters. The van der Waals surface area contributed by atoms with E-state index in [4.69, 9.17) is 4.98 Å². The molecule has 5 heteroatoms. The van der Waals surface area contributed by atoms with Crippen molar-refractivity contribution in [3.05, 3.63) is 162 Å². The molecule has 0 aliphatic rings. The van der Waals surface area contributed by atoms with E-state index in [1.54, 1.807) is 0 Å². The van der Waals surface area contributed by atoms with Gasteiger partial charge in [0.05, 0.1) is 31.1 Å². The van der Waals surface area contributed by atoms with Crippen LogP contribution in [0.2, 0.25) is 0 Å². The van der Waals surface area contributed by atoms with Gasteiger partial charge in [-0.05, 0) is 22.3 Å². The molecule has 190 valence electrons. The van der Waals surface area contributed by atoms with Crippen LogP contribution < -0.4 is 5.32 Å². The maximum atomic E-state index is 12.6. The van der Waals surface area contributed by atoms with E-state index < -0.39 is 11.6 Å². The molecule has 1 aromatic heterocycles. The van der Waals surface area contributed by atoms with Crippen LogP contribution in [-0.4, -0.2) is 33.2 Å². The van der Waals surface area contributed by atoms with Crippen LogP contribution in [0.25, 0.3) is 0 Å². The summed E-state index contributed by atoms with van der Waals surface area (Å²) >= 11 is 0. The molecule has 0 spiro atoms. The van der Waals surface area contributed by atoms with Gasteiger partial charge in [0.2, 0.25) is 5.91 Å². The average Bonchev–Trinajstić information content (AvgIpc) is 3.44. The summed E-state index contributed by atoms with van der Waals surface area (Å²) in [6, 6.07) is 40.4. The third-order valence-electron chi connectivity index (χ3n) is 6.85. The Balaban J connectivity index is 1.49. The Morgan fingerprint density at radius 2 is 1.24 bits per heavy atom. The Labute approximate surface area is 223 Å². The van der Waals surface area contributed by atoms with Gasteiger partial charge in [0, 0.05) is 12.6 Å². The number of aliphatic hydroxyl groups is 1. The van der Waals surface area contributed by atoms with Gasteiger partial charge in [-0.15, -0.1) is 0 Å². The molecule has 38 heavy (non-hydrogen) atoms. The van der Waals surface area contributed by atoms with Crippen molar-refractivity contribution in [1.82, 2.24) is 14.9 Å². The molecule has 5 nitrogen and oxygen atoms in total. The predicted molar refractivity (Wildman–Crippen MR) is 150 cm³/mol. The molecule has 2 N–H and O–H groups in total. The van der Waals surface area contributed by atoms with E-state index in [0.717, 1.165) is 27.9 Å². The summed E-state index contributed by atoms with van der Waals surface area (Å²) < 4.78 is 2.14. The van der Waals surface area contributed by atoms with Crippen molar-refractivity contribution in [2.45, 2.75) is 24.4 Å². The maximum absolute atomic E-state index is 12.6. The molecule has 1 amide bonds. The quantitative estimate of drug-likeness (QED) is 0.265. The summed E-state index contributed by atoms with van der Waals surface area (Å²) in [7, 11) is 0. The molecule has 0 saturated carbocycles. The van der Waals surface area contributed by atoms with E-state index in [2.05, 4.69) is 82.7 Å². The molecule has 0 aliphatic heterocycles. The highest BCUT2D eigenvalue weighted by molar-refractivity contribution is 5.78. The Morgan fingerprint density at radius 3 is 1.71 bits per heavy atom. The third-order valence-corrected chi connectivity index (χ3v) is 6.85.